The Morgan fingerprint density at radius 1 is 1.31 bits per heavy atom. The molecule has 4 heteroatoms. The van der Waals surface area contributed by atoms with E-state index in [0.29, 0.717) is 6.61 Å². The predicted molar refractivity (Wildman–Crippen MR) is 64.5 cm³/mol. The molecule has 0 aromatic heterocycles. The van der Waals surface area contributed by atoms with E-state index in [1.807, 2.05) is 4.90 Å². The number of urea groups is 1. The molecule has 16 heavy (non-hydrogen) atoms. The third-order valence-corrected chi connectivity index (χ3v) is 3.08. The van der Waals surface area contributed by atoms with Gasteiger partial charge >= 0.3 is 6.03 Å². The molecule has 0 spiro atoms. The highest BCUT2D eigenvalue weighted by Crippen LogP contribution is 2.09. The van der Waals surface area contributed by atoms with E-state index in [2.05, 4.69) is 12.2 Å². The summed E-state index contributed by atoms with van der Waals surface area (Å²) in [6, 6.07) is 0.214. The highest BCUT2D eigenvalue weighted by atomic mass is 16.5. The molecule has 1 N–H and O–H groups in total. The van der Waals surface area contributed by atoms with Crippen molar-refractivity contribution in [1.82, 2.24) is 10.2 Å². The zero-order valence-electron chi connectivity index (χ0n) is 10.5. The fraction of sp³-hybridized carbons (Fsp3) is 0.917. The van der Waals surface area contributed by atoms with Gasteiger partial charge < -0.3 is 15.0 Å². The second kappa shape index (κ2) is 7.49. The Labute approximate surface area is 98.3 Å². The maximum atomic E-state index is 12.0. The molecule has 1 aliphatic rings. The van der Waals surface area contributed by atoms with E-state index in [0.717, 1.165) is 32.4 Å². The molecule has 0 saturated carbocycles. The molecule has 4 nitrogen and oxygen atoms in total. The quantitative estimate of drug-likeness (QED) is 0.799. The lowest BCUT2D eigenvalue weighted by atomic mass is 10.2. The first kappa shape index (κ1) is 13.3. The highest BCUT2D eigenvalue weighted by molar-refractivity contribution is 5.74. The molecule has 0 bridgehead atoms. The number of rotatable bonds is 4. The molecular formula is C12H24N2O2. The molecule has 1 atom stereocenters. The summed E-state index contributed by atoms with van der Waals surface area (Å²) in [5, 5.41) is 3.03. The van der Waals surface area contributed by atoms with Crippen LogP contribution in [0.25, 0.3) is 0 Å². The molecule has 1 fully saturated rings. The molecule has 2 amide bonds. The number of nitrogens with zero attached hydrogens (tertiary/aromatic N) is 1. The predicted octanol–water partition coefficient (Wildman–Crippen LogP) is 2.00. The summed E-state index contributed by atoms with van der Waals surface area (Å²) in [4.78, 5) is 13.9. The number of hydrogen-bond donors (Lipinski definition) is 1. The van der Waals surface area contributed by atoms with E-state index in [1.54, 1.807) is 7.11 Å². The van der Waals surface area contributed by atoms with Crippen LogP contribution in [0.2, 0.25) is 0 Å². The lowest BCUT2D eigenvalue weighted by molar-refractivity contribution is 0.153. The molecule has 1 heterocycles. The summed E-state index contributed by atoms with van der Waals surface area (Å²) >= 11 is 0. The van der Waals surface area contributed by atoms with E-state index >= 15 is 0 Å². The normalized spacial score (nSPS) is 19.0. The number of hydrogen-bond acceptors (Lipinski definition) is 2. The SMILES string of the molecule is CCC(COC)NC(=O)N1CCCCCC1. The number of likely N-dealkylation sites (tertiary alicyclic amines) is 1. The minimum absolute atomic E-state index is 0.0748. The second-order valence-electron chi connectivity index (χ2n) is 4.41. The van der Waals surface area contributed by atoms with Gasteiger partial charge in [0.15, 0.2) is 0 Å². The Kier molecular flexibility index (Phi) is 6.23. The average Bonchev–Trinajstić information content (AvgIpc) is 2.56. The van der Waals surface area contributed by atoms with Crippen LogP contribution < -0.4 is 5.32 Å². The molecular weight excluding hydrogens is 204 g/mol. The Bertz CT molecular complexity index is 201. The van der Waals surface area contributed by atoms with Crippen molar-refractivity contribution < 1.29 is 9.53 Å². The molecule has 1 aliphatic heterocycles. The van der Waals surface area contributed by atoms with Crippen molar-refractivity contribution >= 4 is 6.03 Å². The summed E-state index contributed by atoms with van der Waals surface area (Å²) in [5.74, 6) is 0. The minimum Gasteiger partial charge on any atom is -0.383 e. The lowest BCUT2D eigenvalue weighted by Gasteiger charge is -2.24. The van der Waals surface area contributed by atoms with Crippen molar-refractivity contribution in [3.8, 4) is 0 Å². The van der Waals surface area contributed by atoms with Crippen molar-refractivity contribution in [2.45, 2.75) is 45.1 Å². The maximum Gasteiger partial charge on any atom is 0.317 e. The highest BCUT2D eigenvalue weighted by Gasteiger charge is 2.17. The molecule has 0 aromatic rings. The fourth-order valence-electron chi connectivity index (χ4n) is 2.00. The van der Waals surface area contributed by atoms with Gasteiger partial charge in [-0.3, -0.25) is 0 Å². The average molecular weight is 228 g/mol. The first-order valence-corrected chi connectivity index (χ1v) is 6.32. The van der Waals surface area contributed by atoms with E-state index in [1.165, 1.54) is 12.8 Å². The first-order chi connectivity index (χ1) is 7.77. The molecule has 0 aliphatic carbocycles. The number of carbonyl (C=O) groups excluding carboxylic acids is 1. The van der Waals surface area contributed by atoms with Crippen LogP contribution in [0.5, 0.6) is 0 Å². The molecule has 1 rings (SSSR count). The summed E-state index contributed by atoms with van der Waals surface area (Å²) in [7, 11) is 1.67. The standard InChI is InChI=1S/C12H24N2O2/c1-3-11(10-16-2)13-12(15)14-8-6-4-5-7-9-14/h11H,3-10H2,1-2H3,(H,13,15). The van der Waals surface area contributed by atoms with Crippen molar-refractivity contribution in [3.63, 3.8) is 0 Å². The van der Waals surface area contributed by atoms with Gasteiger partial charge in [0, 0.05) is 20.2 Å². The van der Waals surface area contributed by atoms with Crippen LogP contribution in [0.3, 0.4) is 0 Å². The largest absolute Gasteiger partial charge is 0.383 e. The smallest absolute Gasteiger partial charge is 0.317 e. The lowest BCUT2D eigenvalue weighted by Crippen LogP contribution is -2.46. The van der Waals surface area contributed by atoms with E-state index in [-0.39, 0.29) is 12.1 Å². The molecule has 1 saturated heterocycles. The summed E-state index contributed by atoms with van der Waals surface area (Å²) in [6.45, 7) is 4.45. The molecule has 94 valence electrons. The van der Waals surface area contributed by atoms with E-state index in [4.69, 9.17) is 4.74 Å². The fourth-order valence-corrected chi connectivity index (χ4v) is 2.00. The van der Waals surface area contributed by atoms with Crippen LogP contribution >= 0.6 is 0 Å². The molecule has 1 unspecified atom stereocenters. The number of ether oxygens (including phenoxy) is 1. The summed E-state index contributed by atoms with van der Waals surface area (Å²) in [5.41, 5.74) is 0. The van der Waals surface area contributed by atoms with Crippen LogP contribution in [-0.2, 0) is 4.74 Å². The Morgan fingerprint density at radius 3 is 2.44 bits per heavy atom. The van der Waals surface area contributed by atoms with Gasteiger partial charge in [0.05, 0.1) is 12.6 Å². The van der Waals surface area contributed by atoms with Crippen LogP contribution in [-0.4, -0.2) is 43.8 Å². The van der Waals surface area contributed by atoms with Crippen LogP contribution in [0.15, 0.2) is 0 Å². The summed E-state index contributed by atoms with van der Waals surface area (Å²) in [6.07, 6.45) is 5.68. The van der Waals surface area contributed by atoms with Crippen LogP contribution in [0.1, 0.15) is 39.0 Å². The third-order valence-electron chi connectivity index (χ3n) is 3.08. The second-order valence-corrected chi connectivity index (χ2v) is 4.41. The van der Waals surface area contributed by atoms with Gasteiger partial charge in [-0.1, -0.05) is 19.8 Å². The maximum absolute atomic E-state index is 12.0. The third kappa shape index (κ3) is 4.39. The van der Waals surface area contributed by atoms with Gasteiger partial charge in [0.25, 0.3) is 0 Å². The number of nitrogens with one attached hydrogen (secondary N) is 1. The van der Waals surface area contributed by atoms with Gasteiger partial charge in [-0.25, -0.2) is 4.79 Å². The Morgan fingerprint density at radius 2 is 1.94 bits per heavy atom. The van der Waals surface area contributed by atoms with Gasteiger partial charge in [0.1, 0.15) is 0 Å². The molecule has 0 radical (unpaired) electrons. The van der Waals surface area contributed by atoms with Gasteiger partial charge in [-0.15, -0.1) is 0 Å². The van der Waals surface area contributed by atoms with E-state index < -0.39 is 0 Å². The first-order valence-electron chi connectivity index (χ1n) is 6.32. The number of amides is 2. The molecule has 0 aromatic carbocycles. The van der Waals surface area contributed by atoms with Crippen LogP contribution in [0, 0.1) is 0 Å². The number of carbonyl (C=O) groups is 1. The van der Waals surface area contributed by atoms with E-state index in [9.17, 15) is 4.79 Å². The monoisotopic (exact) mass is 228 g/mol. The van der Waals surface area contributed by atoms with Gasteiger partial charge in [-0.05, 0) is 19.3 Å². The van der Waals surface area contributed by atoms with Gasteiger partial charge in [0.2, 0.25) is 0 Å². The Balaban J connectivity index is 2.36. The van der Waals surface area contributed by atoms with Crippen LogP contribution in [0.4, 0.5) is 4.79 Å². The Hall–Kier alpha value is -0.770. The topological polar surface area (TPSA) is 41.6 Å². The minimum atomic E-state index is 0.0748. The summed E-state index contributed by atoms with van der Waals surface area (Å²) < 4.78 is 5.07. The van der Waals surface area contributed by atoms with Crippen molar-refractivity contribution in [2.75, 3.05) is 26.8 Å². The van der Waals surface area contributed by atoms with Crippen molar-refractivity contribution in [1.29, 1.82) is 0 Å². The zero-order chi connectivity index (χ0) is 11.8. The number of methoxy groups -OCH3 is 1. The zero-order valence-corrected chi connectivity index (χ0v) is 10.5. The van der Waals surface area contributed by atoms with Crippen molar-refractivity contribution in [3.05, 3.63) is 0 Å². The van der Waals surface area contributed by atoms with Crippen molar-refractivity contribution in [2.24, 2.45) is 0 Å². The van der Waals surface area contributed by atoms with Gasteiger partial charge in [-0.2, -0.15) is 0 Å².